The van der Waals surface area contributed by atoms with Crippen LogP contribution in [0.15, 0.2) is 0 Å². The van der Waals surface area contributed by atoms with E-state index in [1.165, 1.54) is 173 Å². The van der Waals surface area contributed by atoms with Crippen molar-refractivity contribution in [3.8, 4) is 0 Å². The Morgan fingerprint density at radius 3 is 0.867 bits per heavy atom. The highest BCUT2D eigenvalue weighted by molar-refractivity contribution is 5.71. The Kier molecular flexibility index (Phi) is 44.2. The quantitative estimate of drug-likeness (QED) is 0.0345. The summed E-state index contributed by atoms with van der Waals surface area (Å²) in [7, 11) is 0. The molecule has 2 unspecified atom stereocenters. The van der Waals surface area contributed by atoms with Crippen LogP contribution in [-0.4, -0.2) is 37.2 Å². The summed E-state index contributed by atoms with van der Waals surface area (Å²) in [5.74, 6) is 1.67. The highest BCUT2D eigenvalue weighted by Gasteiger charge is 2.19. The number of carbonyl (C=O) groups excluding carboxylic acids is 3. The van der Waals surface area contributed by atoms with E-state index in [9.17, 15) is 14.4 Å². The van der Waals surface area contributed by atoms with Gasteiger partial charge in [0.25, 0.3) is 0 Å². The van der Waals surface area contributed by atoms with Crippen LogP contribution in [0.2, 0.25) is 0 Å². The molecule has 356 valence electrons. The van der Waals surface area contributed by atoms with Crippen molar-refractivity contribution in [2.24, 2.45) is 17.8 Å². The van der Waals surface area contributed by atoms with Gasteiger partial charge in [-0.05, 0) is 37.0 Å². The summed E-state index contributed by atoms with van der Waals surface area (Å²) in [6.45, 7) is 13.7. The molecule has 0 amide bonds. The molecule has 0 aromatic rings. The summed E-state index contributed by atoms with van der Waals surface area (Å²) < 4.78 is 16.8. The van der Waals surface area contributed by atoms with Gasteiger partial charge in [0.1, 0.15) is 13.2 Å². The third-order valence-electron chi connectivity index (χ3n) is 12.9. The maximum absolute atomic E-state index is 12.8. The zero-order valence-corrected chi connectivity index (χ0v) is 41.3. The van der Waals surface area contributed by atoms with Crippen LogP contribution in [0, 0.1) is 17.8 Å². The van der Waals surface area contributed by atoms with E-state index in [-0.39, 0.29) is 31.1 Å². The van der Waals surface area contributed by atoms with Crippen LogP contribution in [0.4, 0.5) is 0 Å². The lowest BCUT2D eigenvalue weighted by Gasteiger charge is -2.18. The second kappa shape index (κ2) is 45.4. The van der Waals surface area contributed by atoms with Crippen LogP contribution in [0.25, 0.3) is 0 Å². The van der Waals surface area contributed by atoms with E-state index >= 15 is 0 Å². The van der Waals surface area contributed by atoms with Gasteiger partial charge in [0, 0.05) is 19.3 Å². The van der Waals surface area contributed by atoms with Crippen LogP contribution in [0.3, 0.4) is 0 Å². The van der Waals surface area contributed by atoms with Crippen molar-refractivity contribution in [3.05, 3.63) is 0 Å². The fourth-order valence-corrected chi connectivity index (χ4v) is 8.05. The van der Waals surface area contributed by atoms with Crippen LogP contribution in [0.5, 0.6) is 0 Å². The third kappa shape index (κ3) is 44.5. The fourth-order valence-electron chi connectivity index (χ4n) is 8.05. The van der Waals surface area contributed by atoms with Crippen molar-refractivity contribution in [2.45, 2.75) is 298 Å². The Morgan fingerprint density at radius 1 is 0.333 bits per heavy atom. The molecular formula is C54H104O6. The zero-order chi connectivity index (χ0) is 44.2. The molecule has 0 spiro atoms. The van der Waals surface area contributed by atoms with Crippen LogP contribution in [-0.2, 0) is 28.6 Å². The Bertz CT molecular complexity index is 933. The monoisotopic (exact) mass is 849 g/mol. The van der Waals surface area contributed by atoms with Crippen molar-refractivity contribution in [1.29, 1.82) is 0 Å². The average Bonchev–Trinajstić information content (AvgIpc) is 3.23. The smallest absolute Gasteiger partial charge is 0.306 e. The van der Waals surface area contributed by atoms with E-state index in [1.54, 1.807) is 0 Å². The Hall–Kier alpha value is -1.59. The Morgan fingerprint density at radius 2 is 0.583 bits per heavy atom. The predicted molar refractivity (Wildman–Crippen MR) is 256 cm³/mol. The normalized spacial score (nSPS) is 13.1. The maximum atomic E-state index is 12.8. The van der Waals surface area contributed by atoms with E-state index in [0.29, 0.717) is 19.3 Å². The average molecular weight is 849 g/mol. The number of rotatable bonds is 47. The molecule has 0 fully saturated rings. The summed E-state index contributed by atoms with van der Waals surface area (Å²) in [4.78, 5) is 38.0. The lowest BCUT2D eigenvalue weighted by atomic mass is 9.99. The van der Waals surface area contributed by atoms with Gasteiger partial charge in [-0.3, -0.25) is 14.4 Å². The molecule has 0 aromatic carbocycles. The fraction of sp³-hybridized carbons (Fsp3) is 0.944. The van der Waals surface area contributed by atoms with Crippen molar-refractivity contribution in [1.82, 2.24) is 0 Å². The summed E-state index contributed by atoms with van der Waals surface area (Å²) >= 11 is 0. The molecule has 0 saturated heterocycles. The van der Waals surface area contributed by atoms with E-state index in [1.807, 2.05) is 0 Å². The topological polar surface area (TPSA) is 78.9 Å². The first-order valence-corrected chi connectivity index (χ1v) is 26.7. The summed E-state index contributed by atoms with van der Waals surface area (Å²) in [6, 6.07) is 0. The highest BCUT2D eigenvalue weighted by Crippen LogP contribution is 2.18. The largest absolute Gasteiger partial charge is 0.462 e. The van der Waals surface area contributed by atoms with Gasteiger partial charge in [0.15, 0.2) is 6.10 Å². The van der Waals surface area contributed by atoms with Crippen LogP contribution >= 0.6 is 0 Å². The molecule has 0 N–H and O–H groups in total. The molecule has 0 aromatic heterocycles. The van der Waals surface area contributed by atoms with Gasteiger partial charge >= 0.3 is 17.9 Å². The number of hydrogen-bond donors (Lipinski definition) is 0. The van der Waals surface area contributed by atoms with E-state index in [4.69, 9.17) is 14.2 Å². The van der Waals surface area contributed by atoms with Gasteiger partial charge < -0.3 is 14.2 Å². The molecule has 3 atom stereocenters. The minimum Gasteiger partial charge on any atom is -0.462 e. The SMILES string of the molecule is CCC(C)CCCCCCCCCCCCC(=O)OC[C@H](COC(=O)CCCCCCCCCCCCCCCCCC(C)C)OC(=O)CCCCCCCCC(C)CC. The van der Waals surface area contributed by atoms with Gasteiger partial charge in [-0.2, -0.15) is 0 Å². The third-order valence-corrected chi connectivity index (χ3v) is 12.9. The maximum Gasteiger partial charge on any atom is 0.306 e. The first kappa shape index (κ1) is 58.4. The van der Waals surface area contributed by atoms with E-state index < -0.39 is 6.10 Å². The lowest BCUT2D eigenvalue weighted by Crippen LogP contribution is -2.30. The van der Waals surface area contributed by atoms with Crippen molar-refractivity contribution < 1.29 is 28.6 Å². The first-order chi connectivity index (χ1) is 29.2. The van der Waals surface area contributed by atoms with E-state index in [2.05, 4.69) is 41.5 Å². The van der Waals surface area contributed by atoms with Crippen molar-refractivity contribution in [2.75, 3.05) is 13.2 Å². The minimum atomic E-state index is -0.763. The molecule has 60 heavy (non-hydrogen) atoms. The van der Waals surface area contributed by atoms with Gasteiger partial charge in [0.05, 0.1) is 0 Å². The van der Waals surface area contributed by atoms with Crippen molar-refractivity contribution in [3.63, 3.8) is 0 Å². The number of carbonyl (C=O) groups is 3. The van der Waals surface area contributed by atoms with Crippen molar-refractivity contribution >= 4 is 17.9 Å². The summed E-state index contributed by atoms with van der Waals surface area (Å²) in [5, 5.41) is 0. The first-order valence-electron chi connectivity index (χ1n) is 26.7. The molecule has 0 aliphatic heterocycles. The Balaban J connectivity index is 4.26. The van der Waals surface area contributed by atoms with Gasteiger partial charge in [-0.15, -0.1) is 0 Å². The second-order valence-corrected chi connectivity index (χ2v) is 19.5. The Labute approximate surface area is 374 Å². The van der Waals surface area contributed by atoms with Gasteiger partial charge in [-0.25, -0.2) is 0 Å². The van der Waals surface area contributed by atoms with Gasteiger partial charge in [-0.1, -0.05) is 253 Å². The molecule has 6 nitrogen and oxygen atoms in total. The molecule has 0 heterocycles. The van der Waals surface area contributed by atoms with Crippen LogP contribution in [0.1, 0.15) is 292 Å². The molecule has 0 aliphatic rings. The molecule has 0 rings (SSSR count). The lowest BCUT2D eigenvalue weighted by molar-refractivity contribution is -0.167. The number of unbranched alkanes of at least 4 members (excludes halogenated alkanes) is 28. The highest BCUT2D eigenvalue weighted by atomic mass is 16.6. The van der Waals surface area contributed by atoms with E-state index in [0.717, 1.165) is 75.5 Å². The molecule has 0 bridgehead atoms. The molecule has 0 radical (unpaired) electrons. The van der Waals surface area contributed by atoms with Gasteiger partial charge in [0.2, 0.25) is 0 Å². The standard InChI is InChI=1S/C54H104O6/c1-7-49(5)41-35-29-23-19-16-17-21-25-32-38-44-53(56)59-47-51(60-54(57)45-39-33-27-26-30-36-42-50(6)8-2)46-58-52(55)43-37-31-24-20-15-13-11-9-10-12-14-18-22-28-34-40-48(3)4/h48-51H,7-47H2,1-6H3/t49?,50?,51-/m0/s1. The molecule has 6 heteroatoms. The molecule has 0 aliphatic carbocycles. The zero-order valence-electron chi connectivity index (χ0n) is 41.3. The molecular weight excluding hydrogens is 745 g/mol. The summed E-state index contributed by atoms with van der Waals surface area (Å²) in [5.41, 5.74) is 0. The second-order valence-electron chi connectivity index (χ2n) is 19.5. The summed E-state index contributed by atoms with van der Waals surface area (Å²) in [6.07, 6.45) is 45.2. The molecule has 0 saturated carbocycles. The number of hydrogen-bond acceptors (Lipinski definition) is 6. The number of ether oxygens (including phenoxy) is 3. The number of esters is 3. The minimum absolute atomic E-state index is 0.0653. The van der Waals surface area contributed by atoms with Crippen LogP contribution < -0.4 is 0 Å². The predicted octanol–water partition coefficient (Wildman–Crippen LogP) is 17.2.